The van der Waals surface area contributed by atoms with Crippen molar-refractivity contribution in [3.05, 3.63) is 66.4 Å². The molecule has 3 aromatic heterocycles. The highest BCUT2D eigenvalue weighted by molar-refractivity contribution is 5.95. The Labute approximate surface area is 161 Å². The van der Waals surface area contributed by atoms with Crippen molar-refractivity contribution in [1.29, 1.82) is 0 Å². The molecule has 0 aliphatic carbocycles. The Balaban J connectivity index is 1.72. The lowest BCUT2D eigenvalue weighted by Gasteiger charge is -2.09. The first-order valence-electron chi connectivity index (χ1n) is 8.56. The van der Waals surface area contributed by atoms with Crippen LogP contribution in [0.2, 0.25) is 0 Å². The number of nitrogens with zero attached hydrogens (tertiary/aromatic N) is 3. The van der Waals surface area contributed by atoms with Gasteiger partial charge >= 0.3 is 6.18 Å². The Hall–Kier alpha value is -3.75. The number of hydrogen-bond acceptors (Lipinski definition) is 4. The van der Waals surface area contributed by atoms with Crippen LogP contribution in [0.15, 0.2) is 55.0 Å². The van der Waals surface area contributed by atoms with E-state index in [2.05, 4.69) is 25.3 Å². The molecule has 4 aromatic rings. The van der Waals surface area contributed by atoms with Crippen LogP contribution < -0.4 is 5.32 Å². The predicted molar refractivity (Wildman–Crippen MR) is 98.7 cm³/mol. The van der Waals surface area contributed by atoms with Gasteiger partial charge in [-0.1, -0.05) is 0 Å². The minimum atomic E-state index is -4.62. The van der Waals surface area contributed by atoms with Crippen molar-refractivity contribution < 1.29 is 17.6 Å². The number of rotatable bonds is 1. The fraction of sp³-hybridized carbons (Fsp3) is 0.0500. The van der Waals surface area contributed by atoms with E-state index in [1.54, 1.807) is 36.8 Å². The number of anilines is 2. The number of aromatic nitrogens is 4. The van der Waals surface area contributed by atoms with Gasteiger partial charge in [0, 0.05) is 23.5 Å². The molecular weight excluding hydrogens is 386 g/mol. The summed E-state index contributed by atoms with van der Waals surface area (Å²) in [5.74, 6) is -0.338. The Kier molecular flexibility index (Phi) is 3.67. The van der Waals surface area contributed by atoms with Crippen molar-refractivity contribution in [2.75, 3.05) is 5.32 Å². The molecule has 1 aliphatic heterocycles. The molecular formula is C20H11F4N5. The van der Waals surface area contributed by atoms with Gasteiger partial charge in [0.05, 0.1) is 28.7 Å². The minimum Gasteiger partial charge on any atom is -0.338 e. The zero-order chi connectivity index (χ0) is 20.2. The number of aromatic amines is 1. The molecule has 0 radical (unpaired) electrons. The van der Waals surface area contributed by atoms with Gasteiger partial charge < -0.3 is 10.3 Å². The van der Waals surface area contributed by atoms with Crippen LogP contribution in [-0.2, 0) is 6.18 Å². The molecule has 0 bridgehead atoms. The second-order valence-electron chi connectivity index (χ2n) is 6.45. The Morgan fingerprint density at radius 2 is 1.79 bits per heavy atom. The number of alkyl halides is 3. The van der Waals surface area contributed by atoms with E-state index in [0.717, 1.165) is 17.7 Å². The molecule has 0 unspecified atom stereocenters. The predicted octanol–water partition coefficient (Wildman–Crippen LogP) is 5.42. The molecule has 0 amide bonds. The standard InChI is InChI=1S/C20H11F4N5/c21-14-8-10(20(22,23)24)3-4-11(14)19-28-16-12-5-7-25-9-15(12)27-18-13(17(16)29-19)2-1-6-26-18/h1-9H,(H,26,27)(H,28,29). The summed E-state index contributed by atoms with van der Waals surface area (Å²) in [4.78, 5) is 16.0. The third kappa shape index (κ3) is 2.82. The lowest BCUT2D eigenvalue weighted by atomic mass is 10.1. The van der Waals surface area contributed by atoms with Gasteiger partial charge in [0.15, 0.2) is 0 Å². The highest BCUT2D eigenvalue weighted by Crippen LogP contribution is 2.43. The number of halogens is 4. The average molecular weight is 397 g/mol. The fourth-order valence-electron chi connectivity index (χ4n) is 3.31. The van der Waals surface area contributed by atoms with E-state index in [1.807, 2.05) is 0 Å². The highest BCUT2D eigenvalue weighted by Gasteiger charge is 2.32. The third-order valence-electron chi connectivity index (χ3n) is 4.66. The Morgan fingerprint density at radius 1 is 0.931 bits per heavy atom. The third-order valence-corrected chi connectivity index (χ3v) is 4.66. The summed E-state index contributed by atoms with van der Waals surface area (Å²) in [6.45, 7) is 0. The molecule has 0 spiro atoms. The average Bonchev–Trinajstić information content (AvgIpc) is 3.07. The maximum absolute atomic E-state index is 14.5. The first-order chi connectivity index (χ1) is 13.9. The molecule has 5 rings (SSSR count). The van der Waals surface area contributed by atoms with Crippen LogP contribution in [-0.4, -0.2) is 19.9 Å². The second kappa shape index (κ2) is 6.13. The van der Waals surface area contributed by atoms with E-state index in [-0.39, 0.29) is 11.4 Å². The van der Waals surface area contributed by atoms with E-state index < -0.39 is 17.6 Å². The molecule has 1 aromatic carbocycles. The maximum Gasteiger partial charge on any atom is 0.416 e. The summed E-state index contributed by atoms with van der Waals surface area (Å²) < 4.78 is 53.1. The summed E-state index contributed by atoms with van der Waals surface area (Å²) in [5.41, 5.74) is 2.08. The van der Waals surface area contributed by atoms with Crippen LogP contribution >= 0.6 is 0 Å². The van der Waals surface area contributed by atoms with Crippen LogP contribution in [0.1, 0.15) is 5.56 Å². The number of fused-ring (bicyclic) bond motifs is 5. The Bertz CT molecular complexity index is 1180. The molecule has 0 saturated heterocycles. The van der Waals surface area contributed by atoms with Gasteiger partial charge in [0.25, 0.3) is 0 Å². The number of benzene rings is 1. The summed E-state index contributed by atoms with van der Waals surface area (Å²) in [6.07, 6.45) is 0.229. The minimum absolute atomic E-state index is 0.0555. The van der Waals surface area contributed by atoms with Gasteiger partial charge in [-0.2, -0.15) is 13.2 Å². The zero-order valence-corrected chi connectivity index (χ0v) is 14.5. The molecule has 2 N–H and O–H groups in total. The lowest BCUT2D eigenvalue weighted by Crippen LogP contribution is -2.05. The van der Waals surface area contributed by atoms with Gasteiger partial charge in [0.2, 0.25) is 0 Å². The lowest BCUT2D eigenvalue weighted by molar-refractivity contribution is -0.137. The normalized spacial score (nSPS) is 12.4. The number of nitrogens with one attached hydrogen (secondary N) is 2. The summed E-state index contributed by atoms with van der Waals surface area (Å²) in [7, 11) is 0. The van der Waals surface area contributed by atoms with Crippen molar-refractivity contribution in [2.24, 2.45) is 0 Å². The molecule has 29 heavy (non-hydrogen) atoms. The summed E-state index contributed by atoms with van der Waals surface area (Å²) in [5, 5.41) is 3.20. The summed E-state index contributed by atoms with van der Waals surface area (Å²) in [6, 6.07) is 7.69. The molecule has 0 fully saturated rings. The van der Waals surface area contributed by atoms with Gasteiger partial charge in [-0.25, -0.2) is 14.4 Å². The van der Waals surface area contributed by atoms with Crippen LogP contribution in [0.5, 0.6) is 0 Å². The first-order valence-corrected chi connectivity index (χ1v) is 8.56. The van der Waals surface area contributed by atoms with E-state index in [4.69, 9.17) is 0 Å². The van der Waals surface area contributed by atoms with Crippen molar-refractivity contribution in [3.8, 4) is 33.9 Å². The first kappa shape index (κ1) is 17.4. The van der Waals surface area contributed by atoms with Crippen LogP contribution in [0.4, 0.5) is 29.1 Å². The van der Waals surface area contributed by atoms with Gasteiger partial charge in [-0.15, -0.1) is 0 Å². The molecule has 0 atom stereocenters. The SMILES string of the molecule is Fc1cc(C(F)(F)F)ccc1-c1nc2c([nH]1)-c1ccncc1Nc1ncccc1-2. The van der Waals surface area contributed by atoms with Crippen molar-refractivity contribution in [3.63, 3.8) is 0 Å². The number of imidazole rings is 1. The van der Waals surface area contributed by atoms with Crippen molar-refractivity contribution >= 4 is 11.5 Å². The number of H-pyrrole nitrogens is 1. The van der Waals surface area contributed by atoms with E-state index >= 15 is 0 Å². The highest BCUT2D eigenvalue weighted by atomic mass is 19.4. The molecule has 4 heterocycles. The molecule has 5 nitrogen and oxygen atoms in total. The van der Waals surface area contributed by atoms with E-state index in [1.165, 1.54) is 0 Å². The second-order valence-corrected chi connectivity index (χ2v) is 6.45. The van der Waals surface area contributed by atoms with E-state index in [0.29, 0.717) is 34.5 Å². The topological polar surface area (TPSA) is 66.5 Å². The van der Waals surface area contributed by atoms with Crippen molar-refractivity contribution in [1.82, 2.24) is 19.9 Å². The quantitative estimate of drug-likeness (QED) is 0.371. The van der Waals surface area contributed by atoms with Gasteiger partial charge in [-0.05, 0) is 36.4 Å². The molecule has 9 heteroatoms. The van der Waals surface area contributed by atoms with Crippen LogP contribution in [0, 0.1) is 5.82 Å². The van der Waals surface area contributed by atoms with Gasteiger partial charge in [0.1, 0.15) is 23.2 Å². The number of pyridine rings is 2. The van der Waals surface area contributed by atoms with E-state index in [9.17, 15) is 17.6 Å². The smallest absolute Gasteiger partial charge is 0.338 e. The van der Waals surface area contributed by atoms with Crippen molar-refractivity contribution in [2.45, 2.75) is 6.18 Å². The zero-order valence-electron chi connectivity index (χ0n) is 14.5. The largest absolute Gasteiger partial charge is 0.416 e. The molecule has 144 valence electrons. The molecule has 0 saturated carbocycles. The maximum atomic E-state index is 14.5. The number of hydrogen-bond donors (Lipinski definition) is 2. The fourth-order valence-corrected chi connectivity index (χ4v) is 3.31. The molecule has 1 aliphatic rings. The Morgan fingerprint density at radius 3 is 2.59 bits per heavy atom. The van der Waals surface area contributed by atoms with Crippen LogP contribution in [0.25, 0.3) is 33.9 Å². The van der Waals surface area contributed by atoms with Gasteiger partial charge in [-0.3, -0.25) is 4.98 Å². The summed E-state index contributed by atoms with van der Waals surface area (Å²) >= 11 is 0. The van der Waals surface area contributed by atoms with Crippen LogP contribution in [0.3, 0.4) is 0 Å². The monoisotopic (exact) mass is 397 g/mol.